The van der Waals surface area contributed by atoms with Crippen LogP contribution < -0.4 is 0 Å². The van der Waals surface area contributed by atoms with E-state index in [1.807, 2.05) is 61.5 Å². The minimum atomic E-state index is -0.352. The molecule has 154 valence electrons. The average Bonchev–Trinajstić information content (AvgIpc) is 2.79. The standard InChI is InChI=1S/C25H26N2O3/c1-17-20-10-6-7-11-21(20)26-22(23(17)25(29)30-2)16-27-14-12-19(13-15-27)24(28)18-8-4-3-5-9-18/h3-11,19H,12-16H2,1-2H3. The zero-order valence-corrected chi connectivity index (χ0v) is 17.4. The second kappa shape index (κ2) is 8.76. The number of piperidine rings is 1. The molecule has 1 saturated heterocycles. The quantitative estimate of drug-likeness (QED) is 0.467. The van der Waals surface area contributed by atoms with Gasteiger partial charge in [0.2, 0.25) is 0 Å². The van der Waals surface area contributed by atoms with Crippen LogP contribution in [0.25, 0.3) is 10.9 Å². The Kier molecular flexibility index (Phi) is 5.91. The minimum Gasteiger partial charge on any atom is -0.465 e. The monoisotopic (exact) mass is 402 g/mol. The number of likely N-dealkylation sites (tertiary alicyclic amines) is 1. The largest absolute Gasteiger partial charge is 0.465 e. The van der Waals surface area contributed by atoms with Gasteiger partial charge in [0, 0.05) is 23.4 Å². The van der Waals surface area contributed by atoms with Gasteiger partial charge in [-0.15, -0.1) is 0 Å². The minimum absolute atomic E-state index is 0.0510. The van der Waals surface area contributed by atoms with Crippen LogP contribution >= 0.6 is 0 Å². The summed E-state index contributed by atoms with van der Waals surface area (Å²) in [5.74, 6) is -0.0740. The van der Waals surface area contributed by atoms with E-state index < -0.39 is 0 Å². The number of ether oxygens (including phenoxy) is 1. The van der Waals surface area contributed by atoms with Crippen LogP contribution in [-0.2, 0) is 11.3 Å². The smallest absolute Gasteiger partial charge is 0.340 e. The maximum atomic E-state index is 12.7. The molecule has 5 heteroatoms. The van der Waals surface area contributed by atoms with Crippen molar-refractivity contribution in [2.24, 2.45) is 5.92 Å². The van der Waals surface area contributed by atoms with Crippen LogP contribution in [0.4, 0.5) is 0 Å². The molecule has 3 aromatic rings. The van der Waals surface area contributed by atoms with Gasteiger partial charge >= 0.3 is 5.97 Å². The lowest BCUT2D eigenvalue weighted by Crippen LogP contribution is -2.36. The maximum Gasteiger partial charge on any atom is 0.340 e. The Hall–Kier alpha value is -3.05. The van der Waals surface area contributed by atoms with Crippen LogP contribution in [0, 0.1) is 12.8 Å². The van der Waals surface area contributed by atoms with Gasteiger partial charge < -0.3 is 4.74 Å². The number of Topliss-reactive ketones (excluding diaryl/α,β-unsaturated/α-hetero) is 1. The van der Waals surface area contributed by atoms with Gasteiger partial charge in [-0.3, -0.25) is 14.7 Å². The second-order valence-electron chi connectivity index (χ2n) is 7.85. The highest BCUT2D eigenvalue weighted by molar-refractivity contribution is 5.98. The average molecular weight is 402 g/mol. The van der Waals surface area contributed by atoms with Gasteiger partial charge in [-0.25, -0.2) is 4.79 Å². The van der Waals surface area contributed by atoms with Crippen molar-refractivity contribution < 1.29 is 14.3 Å². The number of benzene rings is 2. The van der Waals surface area contributed by atoms with Crippen molar-refractivity contribution in [1.82, 2.24) is 9.88 Å². The number of para-hydroxylation sites is 1. The van der Waals surface area contributed by atoms with Crippen molar-refractivity contribution in [3.63, 3.8) is 0 Å². The van der Waals surface area contributed by atoms with E-state index in [1.165, 1.54) is 7.11 Å². The summed E-state index contributed by atoms with van der Waals surface area (Å²) in [6, 6.07) is 17.4. The number of hydrogen-bond donors (Lipinski definition) is 0. The maximum absolute atomic E-state index is 12.7. The first-order valence-electron chi connectivity index (χ1n) is 10.4. The molecule has 2 aromatic carbocycles. The van der Waals surface area contributed by atoms with Gasteiger partial charge in [-0.2, -0.15) is 0 Å². The molecule has 0 unspecified atom stereocenters. The molecule has 1 aromatic heterocycles. The van der Waals surface area contributed by atoms with Gasteiger partial charge in [0.1, 0.15) is 0 Å². The van der Waals surface area contributed by atoms with Crippen LogP contribution in [0.5, 0.6) is 0 Å². The zero-order chi connectivity index (χ0) is 21.1. The predicted molar refractivity (Wildman–Crippen MR) is 117 cm³/mol. The van der Waals surface area contributed by atoms with E-state index in [0.717, 1.165) is 53.7 Å². The van der Waals surface area contributed by atoms with Crippen molar-refractivity contribution in [3.8, 4) is 0 Å². The molecule has 0 atom stereocenters. The van der Waals surface area contributed by atoms with E-state index >= 15 is 0 Å². The summed E-state index contributed by atoms with van der Waals surface area (Å²) < 4.78 is 5.05. The summed E-state index contributed by atoms with van der Waals surface area (Å²) in [4.78, 5) is 32.3. The van der Waals surface area contributed by atoms with Crippen molar-refractivity contribution in [1.29, 1.82) is 0 Å². The topological polar surface area (TPSA) is 59.5 Å². The lowest BCUT2D eigenvalue weighted by atomic mass is 9.88. The van der Waals surface area contributed by atoms with Crippen LogP contribution in [0.15, 0.2) is 54.6 Å². The van der Waals surface area contributed by atoms with Crippen molar-refractivity contribution in [3.05, 3.63) is 77.0 Å². The van der Waals surface area contributed by atoms with E-state index in [4.69, 9.17) is 9.72 Å². The number of rotatable bonds is 5. The molecule has 0 radical (unpaired) electrons. The number of carbonyl (C=O) groups is 2. The van der Waals surface area contributed by atoms with Gasteiger partial charge in [0.15, 0.2) is 5.78 Å². The number of ketones is 1. The molecule has 1 aliphatic rings. The molecule has 0 amide bonds. The van der Waals surface area contributed by atoms with Crippen LogP contribution in [-0.4, -0.2) is 41.8 Å². The fourth-order valence-corrected chi connectivity index (χ4v) is 4.33. The molecule has 1 fully saturated rings. The molecule has 0 bridgehead atoms. The van der Waals surface area contributed by atoms with Gasteiger partial charge in [0.05, 0.1) is 23.9 Å². The molecule has 30 heavy (non-hydrogen) atoms. The Bertz CT molecular complexity index is 1070. The fraction of sp³-hybridized carbons (Fsp3) is 0.320. The van der Waals surface area contributed by atoms with E-state index in [0.29, 0.717) is 12.1 Å². The van der Waals surface area contributed by atoms with Gasteiger partial charge in [0.25, 0.3) is 0 Å². The first-order chi connectivity index (χ1) is 14.6. The number of fused-ring (bicyclic) bond motifs is 1. The number of aryl methyl sites for hydroxylation is 1. The van der Waals surface area contributed by atoms with E-state index in [1.54, 1.807) is 0 Å². The SMILES string of the molecule is COC(=O)c1c(CN2CCC(C(=O)c3ccccc3)CC2)nc2ccccc2c1C. The van der Waals surface area contributed by atoms with Crippen LogP contribution in [0.2, 0.25) is 0 Å². The number of aromatic nitrogens is 1. The number of hydrogen-bond acceptors (Lipinski definition) is 5. The number of methoxy groups -OCH3 is 1. The first kappa shape index (κ1) is 20.2. The number of carbonyl (C=O) groups excluding carboxylic acids is 2. The van der Waals surface area contributed by atoms with Gasteiger partial charge in [-0.1, -0.05) is 48.5 Å². The second-order valence-corrected chi connectivity index (χ2v) is 7.85. The first-order valence-corrected chi connectivity index (χ1v) is 10.4. The molecule has 1 aliphatic heterocycles. The Labute approximate surface area is 176 Å². The summed E-state index contributed by atoms with van der Waals surface area (Å²) in [5, 5.41) is 0.966. The fourth-order valence-electron chi connectivity index (χ4n) is 4.33. The van der Waals surface area contributed by atoms with Crippen molar-refractivity contribution >= 4 is 22.7 Å². The van der Waals surface area contributed by atoms with E-state index in [-0.39, 0.29) is 17.7 Å². The highest BCUT2D eigenvalue weighted by Crippen LogP contribution is 2.27. The third-order valence-corrected chi connectivity index (χ3v) is 6.01. The van der Waals surface area contributed by atoms with Crippen LogP contribution in [0.3, 0.4) is 0 Å². The Morgan fingerprint density at radius 3 is 2.40 bits per heavy atom. The molecule has 0 aliphatic carbocycles. The molecule has 2 heterocycles. The molecule has 5 nitrogen and oxygen atoms in total. The molecule has 4 rings (SSSR count). The number of nitrogens with zero attached hydrogens (tertiary/aromatic N) is 2. The molecule has 0 N–H and O–H groups in total. The van der Waals surface area contributed by atoms with Crippen molar-refractivity contribution in [2.75, 3.05) is 20.2 Å². The number of pyridine rings is 1. The number of esters is 1. The van der Waals surface area contributed by atoms with Gasteiger partial charge in [-0.05, 0) is 44.5 Å². The molecular formula is C25H26N2O3. The predicted octanol–water partition coefficient (Wildman–Crippen LogP) is 4.42. The van der Waals surface area contributed by atoms with E-state index in [9.17, 15) is 9.59 Å². The molecular weight excluding hydrogens is 376 g/mol. The third-order valence-electron chi connectivity index (χ3n) is 6.01. The molecule has 0 spiro atoms. The zero-order valence-electron chi connectivity index (χ0n) is 17.4. The summed E-state index contributed by atoms with van der Waals surface area (Å²) in [6.07, 6.45) is 1.63. The summed E-state index contributed by atoms with van der Waals surface area (Å²) in [5.41, 5.74) is 3.86. The highest BCUT2D eigenvalue weighted by Gasteiger charge is 2.27. The highest BCUT2D eigenvalue weighted by atomic mass is 16.5. The third kappa shape index (κ3) is 3.98. The lowest BCUT2D eigenvalue weighted by molar-refractivity contribution is 0.0596. The summed E-state index contributed by atoms with van der Waals surface area (Å²) in [7, 11) is 1.40. The summed E-state index contributed by atoms with van der Waals surface area (Å²) in [6.45, 7) is 4.13. The van der Waals surface area contributed by atoms with E-state index in [2.05, 4.69) is 4.90 Å². The normalized spacial score (nSPS) is 15.3. The Morgan fingerprint density at radius 1 is 1.03 bits per heavy atom. The summed E-state index contributed by atoms with van der Waals surface area (Å²) >= 11 is 0. The lowest BCUT2D eigenvalue weighted by Gasteiger charge is -2.31. The van der Waals surface area contributed by atoms with Crippen molar-refractivity contribution in [2.45, 2.75) is 26.3 Å². The Balaban J connectivity index is 1.52. The molecule has 0 saturated carbocycles. The Morgan fingerprint density at radius 2 is 1.70 bits per heavy atom. The van der Waals surface area contributed by atoms with Crippen LogP contribution in [0.1, 0.15) is 44.8 Å².